The van der Waals surface area contributed by atoms with Crippen LogP contribution in [0.25, 0.3) is 11.6 Å². The zero-order valence-electron chi connectivity index (χ0n) is 13.3. The minimum atomic E-state index is -2.73. The number of nitrogens with zero attached hydrogens (tertiary/aromatic N) is 5. The Kier molecular flexibility index (Phi) is 4.22. The fourth-order valence-corrected chi connectivity index (χ4v) is 2.97. The largest absolute Gasteiger partial charge is 0.332 e. The van der Waals surface area contributed by atoms with Crippen LogP contribution in [0.5, 0.6) is 0 Å². The van der Waals surface area contributed by atoms with E-state index in [0.717, 1.165) is 18.5 Å². The molecule has 1 aromatic carbocycles. The van der Waals surface area contributed by atoms with Gasteiger partial charge in [0.1, 0.15) is 5.69 Å². The van der Waals surface area contributed by atoms with Gasteiger partial charge in [0.25, 0.3) is 12.3 Å². The van der Waals surface area contributed by atoms with E-state index in [1.807, 2.05) is 30.3 Å². The fraction of sp³-hybridized carbons (Fsp3) is 0.375. The van der Waals surface area contributed by atoms with E-state index in [1.54, 1.807) is 0 Å². The summed E-state index contributed by atoms with van der Waals surface area (Å²) < 4.78 is 33.6. The van der Waals surface area contributed by atoms with Crippen molar-refractivity contribution in [3.8, 4) is 11.6 Å². The lowest BCUT2D eigenvalue weighted by Crippen LogP contribution is -2.17. The van der Waals surface area contributed by atoms with Crippen LogP contribution in [-0.4, -0.2) is 38.2 Å². The molecule has 0 bridgehead atoms. The fourth-order valence-electron chi connectivity index (χ4n) is 2.97. The SMILES string of the molecule is FC(F)c1c(-c2nc(Cc3ccccc3)no2)nnn1C1CCNC1. The van der Waals surface area contributed by atoms with E-state index in [1.165, 1.54) is 4.68 Å². The molecular weight excluding hydrogens is 330 g/mol. The predicted octanol–water partition coefficient (Wildman–Crippen LogP) is 2.39. The van der Waals surface area contributed by atoms with Gasteiger partial charge < -0.3 is 9.84 Å². The Morgan fingerprint density at radius 2 is 2.12 bits per heavy atom. The Balaban J connectivity index is 1.63. The molecule has 1 unspecified atom stereocenters. The highest BCUT2D eigenvalue weighted by atomic mass is 19.3. The summed E-state index contributed by atoms with van der Waals surface area (Å²) in [7, 11) is 0. The standard InChI is InChI=1S/C16H16F2N6O/c17-15(18)14-13(21-23-24(14)11-6-7-19-9-11)16-20-12(22-25-16)8-10-4-2-1-3-5-10/h1-5,11,15,19H,6-9H2. The Labute approximate surface area is 142 Å². The third-order valence-electron chi connectivity index (χ3n) is 4.19. The first-order chi connectivity index (χ1) is 12.2. The summed E-state index contributed by atoms with van der Waals surface area (Å²) in [5, 5.41) is 14.8. The third-order valence-corrected chi connectivity index (χ3v) is 4.19. The molecule has 1 N–H and O–H groups in total. The first-order valence-electron chi connectivity index (χ1n) is 8.03. The van der Waals surface area contributed by atoms with Crippen LogP contribution in [0.3, 0.4) is 0 Å². The Morgan fingerprint density at radius 1 is 1.28 bits per heavy atom. The molecule has 3 aromatic rings. The van der Waals surface area contributed by atoms with E-state index in [0.29, 0.717) is 18.8 Å². The zero-order chi connectivity index (χ0) is 17.2. The van der Waals surface area contributed by atoms with Crippen molar-refractivity contribution in [2.75, 3.05) is 13.1 Å². The van der Waals surface area contributed by atoms with Gasteiger partial charge in [-0.2, -0.15) is 4.98 Å². The monoisotopic (exact) mass is 346 g/mol. The van der Waals surface area contributed by atoms with Crippen LogP contribution >= 0.6 is 0 Å². The van der Waals surface area contributed by atoms with Crippen molar-refractivity contribution < 1.29 is 13.3 Å². The van der Waals surface area contributed by atoms with Crippen molar-refractivity contribution >= 4 is 0 Å². The average Bonchev–Trinajstić information content (AvgIpc) is 3.35. The normalized spacial score (nSPS) is 17.5. The van der Waals surface area contributed by atoms with Gasteiger partial charge in [0, 0.05) is 13.0 Å². The smallest absolute Gasteiger partial charge is 0.282 e. The van der Waals surface area contributed by atoms with Crippen molar-refractivity contribution in [1.82, 2.24) is 30.5 Å². The molecule has 7 nitrogen and oxygen atoms in total. The number of alkyl halides is 2. The molecule has 1 aliphatic rings. The second-order valence-electron chi connectivity index (χ2n) is 5.89. The number of hydrogen-bond acceptors (Lipinski definition) is 6. The van der Waals surface area contributed by atoms with Crippen LogP contribution in [0.4, 0.5) is 8.78 Å². The molecule has 0 amide bonds. The van der Waals surface area contributed by atoms with Crippen molar-refractivity contribution in [2.45, 2.75) is 25.3 Å². The minimum Gasteiger partial charge on any atom is -0.332 e. The molecule has 130 valence electrons. The summed E-state index contributed by atoms with van der Waals surface area (Å²) in [6.45, 7) is 1.36. The number of rotatable bonds is 5. The van der Waals surface area contributed by atoms with Gasteiger partial charge in [-0.05, 0) is 18.5 Å². The Bertz CT molecular complexity index is 841. The van der Waals surface area contributed by atoms with Crippen LogP contribution in [0, 0.1) is 0 Å². The molecule has 3 heterocycles. The van der Waals surface area contributed by atoms with E-state index < -0.39 is 6.43 Å². The van der Waals surface area contributed by atoms with E-state index in [9.17, 15) is 8.78 Å². The molecule has 0 spiro atoms. The molecule has 0 saturated carbocycles. The molecule has 25 heavy (non-hydrogen) atoms. The molecule has 2 aromatic heterocycles. The summed E-state index contributed by atoms with van der Waals surface area (Å²) >= 11 is 0. The molecule has 1 atom stereocenters. The van der Waals surface area contributed by atoms with E-state index >= 15 is 0 Å². The van der Waals surface area contributed by atoms with Crippen LogP contribution in [0.2, 0.25) is 0 Å². The molecule has 9 heteroatoms. The van der Waals surface area contributed by atoms with Gasteiger partial charge in [0.05, 0.1) is 6.04 Å². The lowest BCUT2D eigenvalue weighted by molar-refractivity contribution is 0.136. The molecule has 0 aliphatic carbocycles. The molecule has 0 radical (unpaired) electrons. The van der Waals surface area contributed by atoms with Crippen molar-refractivity contribution in [1.29, 1.82) is 0 Å². The number of hydrogen-bond donors (Lipinski definition) is 1. The van der Waals surface area contributed by atoms with E-state index in [2.05, 4.69) is 25.8 Å². The van der Waals surface area contributed by atoms with Gasteiger partial charge >= 0.3 is 0 Å². The predicted molar refractivity (Wildman–Crippen MR) is 84.0 cm³/mol. The second kappa shape index (κ2) is 6.67. The summed E-state index contributed by atoms with van der Waals surface area (Å²) in [5.74, 6) is 0.386. The van der Waals surface area contributed by atoms with Crippen LogP contribution in [0.1, 0.15) is 36.0 Å². The van der Waals surface area contributed by atoms with Crippen molar-refractivity contribution in [2.24, 2.45) is 0 Å². The highest BCUT2D eigenvalue weighted by Gasteiger charge is 2.31. The van der Waals surface area contributed by atoms with E-state index in [4.69, 9.17) is 4.52 Å². The Hall–Kier alpha value is -2.68. The van der Waals surface area contributed by atoms with Gasteiger partial charge in [-0.15, -0.1) is 5.10 Å². The topological polar surface area (TPSA) is 81.7 Å². The number of benzene rings is 1. The second-order valence-corrected chi connectivity index (χ2v) is 5.89. The number of nitrogens with one attached hydrogen (secondary N) is 1. The minimum absolute atomic E-state index is 0.0292. The van der Waals surface area contributed by atoms with E-state index in [-0.39, 0.29) is 23.3 Å². The van der Waals surface area contributed by atoms with Crippen LogP contribution < -0.4 is 5.32 Å². The van der Waals surface area contributed by atoms with Crippen molar-refractivity contribution in [3.63, 3.8) is 0 Å². The van der Waals surface area contributed by atoms with Gasteiger partial charge in [0.15, 0.2) is 11.5 Å². The first-order valence-corrected chi connectivity index (χ1v) is 8.03. The quantitative estimate of drug-likeness (QED) is 0.764. The molecule has 1 saturated heterocycles. The maximum atomic E-state index is 13.6. The molecule has 1 aliphatic heterocycles. The molecule has 4 rings (SSSR count). The van der Waals surface area contributed by atoms with Gasteiger partial charge in [-0.1, -0.05) is 40.7 Å². The lowest BCUT2D eigenvalue weighted by Gasteiger charge is -2.11. The summed E-state index contributed by atoms with van der Waals surface area (Å²) in [4.78, 5) is 4.22. The van der Waals surface area contributed by atoms with Gasteiger partial charge in [0.2, 0.25) is 0 Å². The van der Waals surface area contributed by atoms with Gasteiger partial charge in [-0.3, -0.25) is 0 Å². The number of halogens is 2. The maximum Gasteiger partial charge on any atom is 0.282 e. The number of aromatic nitrogens is 5. The summed E-state index contributed by atoms with van der Waals surface area (Å²) in [6, 6.07) is 9.46. The summed E-state index contributed by atoms with van der Waals surface area (Å²) in [6.07, 6.45) is -1.55. The average molecular weight is 346 g/mol. The van der Waals surface area contributed by atoms with Crippen LogP contribution in [-0.2, 0) is 6.42 Å². The van der Waals surface area contributed by atoms with Crippen molar-refractivity contribution in [3.05, 3.63) is 47.4 Å². The highest BCUT2D eigenvalue weighted by molar-refractivity contribution is 5.50. The summed E-state index contributed by atoms with van der Waals surface area (Å²) in [5.41, 5.74) is 0.682. The molecular formula is C16H16F2N6O. The third kappa shape index (κ3) is 3.14. The van der Waals surface area contributed by atoms with Gasteiger partial charge in [-0.25, -0.2) is 13.5 Å². The van der Waals surface area contributed by atoms with Crippen LogP contribution in [0.15, 0.2) is 34.9 Å². The molecule has 1 fully saturated rings. The maximum absolute atomic E-state index is 13.6. The zero-order valence-corrected chi connectivity index (χ0v) is 13.3. The first kappa shape index (κ1) is 15.8. The Morgan fingerprint density at radius 3 is 2.84 bits per heavy atom. The lowest BCUT2D eigenvalue weighted by atomic mass is 10.1. The highest BCUT2D eigenvalue weighted by Crippen LogP contribution is 2.31.